The van der Waals surface area contributed by atoms with E-state index >= 15 is 0 Å². The normalized spacial score (nSPS) is 12.6. The number of ether oxygens (including phenoxy) is 2. The van der Waals surface area contributed by atoms with Crippen molar-refractivity contribution in [1.29, 1.82) is 0 Å². The Bertz CT molecular complexity index is 1310. The van der Waals surface area contributed by atoms with Gasteiger partial charge >= 0.3 is 12.1 Å². The Balaban J connectivity index is 1.66. The molecular weight excluding hydrogens is 428 g/mol. The molecule has 168 valence electrons. The fraction of sp³-hybridized carbons (Fsp3) is 0.208. The number of anilines is 1. The molecule has 1 amide bonds. The number of ketones is 2. The van der Waals surface area contributed by atoms with Gasteiger partial charge < -0.3 is 13.9 Å². The SMILES string of the molecule is Cc1oc2c(c1C(=O)Oc1ccccc1NC(=O)OC(C)(C)C)C(=O)c1ncccc1C2=O. The number of carbonyl (C=O) groups excluding carboxylic acids is 4. The first-order chi connectivity index (χ1) is 15.6. The van der Waals surface area contributed by atoms with Crippen LogP contribution < -0.4 is 10.1 Å². The van der Waals surface area contributed by atoms with Crippen LogP contribution in [-0.2, 0) is 4.74 Å². The van der Waals surface area contributed by atoms with Crippen molar-refractivity contribution in [2.24, 2.45) is 0 Å². The summed E-state index contributed by atoms with van der Waals surface area (Å²) in [6.07, 6.45) is 0.657. The van der Waals surface area contributed by atoms with Gasteiger partial charge in [0.05, 0.1) is 16.8 Å². The quantitative estimate of drug-likeness (QED) is 0.363. The highest BCUT2D eigenvalue weighted by Gasteiger charge is 2.40. The van der Waals surface area contributed by atoms with Gasteiger partial charge in [0.2, 0.25) is 11.6 Å². The van der Waals surface area contributed by atoms with Gasteiger partial charge in [-0.1, -0.05) is 12.1 Å². The molecule has 2 aromatic heterocycles. The molecule has 0 bridgehead atoms. The van der Waals surface area contributed by atoms with Crippen molar-refractivity contribution in [1.82, 2.24) is 4.98 Å². The molecule has 33 heavy (non-hydrogen) atoms. The molecular formula is C24H20N2O7. The van der Waals surface area contributed by atoms with Gasteiger partial charge in [-0.15, -0.1) is 0 Å². The van der Waals surface area contributed by atoms with Crippen LogP contribution in [0, 0.1) is 6.92 Å². The molecule has 0 saturated carbocycles. The van der Waals surface area contributed by atoms with Gasteiger partial charge in [0.15, 0.2) is 11.5 Å². The summed E-state index contributed by atoms with van der Waals surface area (Å²) in [4.78, 5) is 55.1. The Labute approximate surface area is 188 Å². The topological polar surface area (TPSA) is 125 Å². The maximum absolute atomic E-state index is 13.1. The molecule has 0 unspecified atom stereocenters. The molecule has 1 aliphatic rings. The Morgan fingerprint density at radius 2 is 1.76 bits per heavy atom. The van der Waals surface area contributed by atoms with Gasteiger partial charge in [0, 0.05) is 6.20 Å². The molecule has 1 aromatic carbocycles. The van der Waals surface area contributed by atoms with Crippen molar-refractivity contribution in [3.05, 3.63) is 76.5 Å². The van der Waals surface area contributed by atoms with E-state index in [9.17, 15) is 19.2 Å². The maximum atomic E-state index is 13.1. The zero-order valence-electron chi connectivity index (χ0n) is 18.3. The van der Waals surface area contributed by atoms with Crippen molar-refractivity contribution in [2.75, 3.05) is 5.32 Å². The van der Waals surface area contributed by atoms with Gasteiger partial charge in [-0.2, -0.15) is 0 Å². The number of esters is 1. The molecule has 1 aliphatic carbocycles. The molecule has 3 aromatic rings. The minimum Gasteiger partial charge on any atom is -0.456 e. The van der Waals surface area contributed by atoms with Crippen molar-refractivity contribution in [3.63, 3.8) is 0 Å². The van der Waals surface area contributed by atoms with E-state index in [2.05, 4.69) is 10.3 Å². The maximum Gasteiger partial charge on any atom is 0.412 e. The average Bonchev–Trinajstić information content (AvgIpc) is 3.09. The minimum atomic E-state index is -0.920. The number of rotatable bonds is 3. The fourth-order valence-corrected chi connectivity index (χ4v) is 3.40. The number of aryl methyl sites for hydroxylation is 1. The average molecular weight is 448 g/mol. The second-order valence-electron chi connectivity index (χ2n) is 8.31. The summed E-state index contributed by atoms with van der Waals surface area (Å²) in [6.45, 7) is 6.61. The van der Waals surface area contributed by atoms with Gasteiger partial charge in [-0.25, -0.2) is 9.59 Å². The highest BCUT2D eigenvalue weighted by molar-refractivity contribution is 6.29. The number of hydrogen-bond acceptors (Lipinski definition) is 8. The molecule has 0 aliphatic heterocycles. The van der Waals surface area contributed by atoms with Gasteiger partial charge in [0.1, 0.15) is 22.6 Å². The van der Waals surface area contributed by atoms with Crippen LogP contribution >= 0.6 is 0 Å². The molecule has 2 heterocycles. The van der Waals surface area contributed by atoms with E-state index in [1.165, 1.54) is 37.4 Å². The number of nitrogens with one attached hydrogen (secondary N) is 1. The lowest BCUT2D eigenvalue weighted by Gasteiger charge is -2.20. The number of hydrogen-bond donors (Lipinski definition) is 1. The number of amides is 1. The molecule has 0 fully saturated rings. The first-order valence-electron chi connectivity index (χ1n) is 10.1. The Morgan fingerprint density at radius 3 is 2.48 bits per heavy atom. The molecule has 0 spiro atoms. The minimum absolute atomic E-state index is 0.0239. The van der Waals surface area contributed by atoms with Gasteiger partial charge in [-0.3, -0.25) is 19.9 Å². The lowest BCUT2D eigenvalue weighted by Crippen LogP contribution is -2.27. The summed E-state index contributed by atoms with van der Waals surface area (Å²) in [7, 11) is 0. The summed E-state index contributed by atoms with van der Waals surface area (Å²) in [5.74, 6) is -2.22. The smallest absolute Gasteiger partial charge is 0.412 e. The van der Waals surface area contributed by atoms with Crippen molar-refractivity contribution < 1.29 is 33.1 Å². The third-order valence-electron chi connectivity index (χ3n) is 4.71. The van der Waals surface area contributed by atoms with Gasteiger partial charge in [-0.05, 0) is 52.0 Å². The van der Waals surface area contributed by atoms with E-state index in [1.807, 2.05) is 0 Å². The third kappa shape index (κ3) is 4.12. The van der Waals surface area contributed by atoms with Crippen LogP contribution in [0.15, 0.2) is 47.0 Å². The Morgan fingerprint density at radius 1 is 1.03 bits per heavy atom. The Hall–Kier alpha value is -4.27. The predicted molar refractivity (Wildman–Crippen MR) is 116 cm³/mol. The number of benzene rings is 1. The largest absolute Gasteiger partial charge is 0.456 e. The predicted octanol–water partition coefficient (Wildman–Crippen LogP) is 4.32. The number of fused-ring (bicyclic) bond motifs is 2. The number of furan rings is 1. The molecule has 0 atom stereocenters. The van der Waals surface area contributed by atoms with Crippen LogP contribution in [0.2, 0.25) is 0 Å². The number of para-hydroxylation sites is 2. The highest BCUT2D eigenvalue weighted by Crippen LogP contribution is 2.34. The first-order valence-corrected chi connectivity index (χ1v) is 10.1. The number of pyridine rings is 1. The van der Waals surface area contributed by atoms with Crippen molar-refractivity contribution in [3.8, 4) is 5.75 Å². The molecule has 0 saturated heterocycles. The number of carbonyl (C=O) groups is 4. The number of aromatic nitrogens is 1. The summed E-state index contributed by atoms with van der Waals surface area (Å²) >= 11 is 0. The zero-order chi connectivity index (χ0) is 23.9. The van der Waals surface area contributed by atoms with E-state index in [-0.39, 0.29) is 45.3 Å². The van der Waals surface area contributed by atoms with E-state index in [0.717, 1.165) is 0 Å². The van der Waals surface area contributed by atoms with E-state index in [0.29, 0.717) is 0 Å². The molecule has 4 rings (SSSR count). The molecule has 9 heteroatoms. The van der Waals surface area contributed by atoms with Crippen LogP contribution in [0.5, 0.6) is 5.75 Å². The van der Waals surface area contributed by atoms with E-state index in [1.54, 1.807) is 32.9 Å². The molecule has 0 radical (unpaired) electrons. The fourth-order valence-electron chi connectivity index (χ4n) is 3.40. The number of nitrogens with zero attached hydrogens (tertiary/aromatic N) is 1. The highest BCUT2D eigenvalue weighted by atomic mass is 16.6. The Kier molecular flexibility index (Phi) is 5.33. The summed E-state index contributed by atoms with van der Waals surface area (Å²) < 4.78 is 16.2. The second-order valence-corrected chi connectivity index (χ2v) is 8.31. The van der Waals surface area contributed by atoms with E-state index in [4.69, 9.17) is 13.9 Å². The van der Waals surface area contributed by atoms with Crippen molar-refractivity contribution >= 4 is 29.3 Å². The monoisotopic (exact) mass is 448 g/mol. The third-order valence-corrected chi connectivity index (χ3v) is 4.71. The second kappa shape index (κ2) is 8.01. The molecule has 9 nitrogen and oxygen atoms in total. The molecule has 1 N–H and O–H groups in total. The van der Waals surface area contributed by atoms with Crippen LogP contribution in [0.25, 0.3) is 0 Å². The van der Waals surface area contributed by atoms with Crippen LogP contribution in [-0.4, -0.2) is 34.2 Å². The van der Waals surface area contributed by atoms with Crippen LogP contribution in [0.3, 0.4) is 0 Å². The van der Waals surface area contributed by atoms with Crippen LogP contribution in [0.1, 0.15) is 69.1 Å². The summed E-state index contributed by atoms with van der Waals surface area (Å²) in [6, 6.07) is 9.25. The van der Waals surface area contributed by atoms with Crippen molar-refractivity contribution in [2.45, 2.75) is 33.3 Å². The standard InChI is InChI=1S/C24H20N2O7/c1-12-16(17-20(28)18-13(8-7-11-25-18)19(27)21(17)31-12)22(29)32-15-10-6-5-9-14(15)26-23(30)33-24(2,3)4/h5-11H,1-4H3,(H,26,30). The lowest BCUT2D eigenvalue weighted by atomic mass is 9.90. The van der Waals surface area contributed by atoms with Gasteiger partial charge in [0.25, 0.3) is 0 Å². The summed E-state index contributed by atoms with van der Waals surface area (Å²) in [5, 5.41) is 2.53. The zero-order valence-corrected chi connectivity index (χ0v) is 18.3. The van der Waals surface area contributed by atoms with E-state index < -0.39 is 29.2 Å². The van der Waals surface area contributed by atoms with Crippen LogP contribution in [0.4, 0.5) is 10.5 Å². The lowest BCUT2D eigenvalue weighted by molar-refractivity contribution is 0.0630. The first kappa shape index (κ1) is 21.9. The summed E-state index contributed by atoms with van der Waals surface area (Å²) in [5.41, 5.74) is -0.852.